The molecule has 0 fully saturated rings. The molecule has 0 amide bonds. The summed E-state index contributed by atoms with van der Waals surface area (Å²) in [6.07, 6.45) is 0. The molecular weight excluding hydrogens is 182 g/mol. The smallest absolute Gasteiger partial charge is 0.0538 e. The summed E-state index contributed by atoms with van der Waals surface area (Å²) < 4.78 is 0. The fourth-order valence-corrected chi connectivity index (χ4v) is 2.30. The summed E-state index contributed by atoms with van der Waals surface area (Å²) in [7, 11) is 0. The number of aromatic nitrogens is 1. The number of fused-ring (bicyclic) bond motifs is 3. The van der Waals surface area contributed by atoms with Crippen molar-refractivity contribution in [1.29, 1.82) is 0 Å². The fourth-order valence-electron chi connectivity index (χ4n) is 2.30. The van der Waals surface area contributed by atoms with Gasteiger partial charge in [0.15, 0.2) is 0 Å². The maximum Gasteiger partial charge on any atom is 0.0538 e. The predicted octanol–water partition coefficient (Wildman–Crippen LogP) is 3.94. The van der Waals surface area contributed by atoms with Crippen molar-refractivity contribution in [2.75, 3.05) is 0 Å². The third-order valence-electron chi connectivity index (χ3n) is 2.98. The van der Waals surface area contributed by atoms with E-state index in [4.69, 9.17) is 0 Å². The van der Waals surface area contributed by atoms with Gasteiger partial charge < -0.3 is 4.98 Å². The molecule has 1 heteroatoms. The average molecular weight is 195 g/mol. The molecule has 15 heavy (non-hydrogen) atoms. The van der Waals surface area contributed by atoms with Crippen LogP contribution in [0.4, 0.5) is 0 Å². The van der Waals surface area contributed by atoms with Crippen molar-refractivity contribution >= 4 is 21.7 Å². The van der Waals surface area contributed by atoms with Gasteiger partial charge in [-0.25, -0.2) is 0 Å². The molecule has 0 unspecified atom stereocenters. The molecule has 0 aliphatic carbocycles. The van der Waals surface area contributed by atoms with E-state index >= 15 is 0 Å². The van der Waals surface area contributed by atoms with Gasteiger partial charge in [0, 0.05) is 16.5 Å². The summed E-state index contributed by atoms with van der Waals surface area (Å²) in [5, 5.41) is 3.96. The van der Waals surface area contributed by atoms with Crippen LogP contribution in [0.2, 0.25) is 0 Å². The van der Waals surface area contributed by atoms with Crippen LogP contribution in [0.25, 0.3) is 21.7 Å². The van der Waals surface area contributed by atoms with Crippen LogP contribution in [0.3, 0.4) is 0 Å². The highest BCUT2D eigenvalue weighted by atomic mass is 14.7. The van der Waals surface area contributed by atoms with Gasteiger partial charge in [0.25, 0.3) is 0 Å². The SMILES string of the molecule is Cc1cc2ccc3cccc(C)c3c2[nH]1. The highest BCUT2D eigenvalue weighted by molar-refractivity contribution is 6.07. The minimum Gasteiger partial charge on any atom is -0.358 e. The summed E-state index contributed by atoms with van der Waals surface area (Å²) in [5.74, 6) is 0. The molecule has 2 aromatic carbocycles. The Balaban J connectivity index is 2.62. The lowest BCUT2D eigenvalue weighted by molar-refractivity contribution is 1.30. The number of hydrogen-bond acceptors (Lipinski definition) is 0. The van der Waals surface area contributed by atoms with Crippen LogP contribution in [-0.2, 0) is 0 Å². The van der Waals surface area contributed by atoms with Crippen LogP contribution in [0.15, 0.2) is 36.4 Å². The molecule has 0 saturated heterocycles. The van der Waals surface area contributed by atoms with Crippen molar-refractivity contribution in [3.63, 3.8) is 0 Å². The van der Waals surface area contributed by atoms with E-state index in [1.807, 2.05) is 0 Å². The third kappa shape index (κ3) is 1.16. The largest absolute Gasteiger partial charge is 0.358 e. The lowest BCUT2D eigenvalue weighted by Crippen LogP contribution is -1.80. The highest BCUT2D eigenvalue weighted by Crippen LogP contribution is 2.27. The van der Waals surface area contributed by atoms with Crippen molar-refractivity contribution in [2.45, 2.75) is 13.8 Å². The number of aryl methyl sites for hydroxylation is 2. The van der Waals surface area contributed by atoms with Crippen molar-refractivity contribution in [2.24, 2.45) is 0 Å². The molecule has 3 rings (SSSR count). The van der Waals surface area contributed by atoms with Crippen LogP contribution in [0.1, 0.15) is 11.3 Å². The number of nitrogens with one attached hydrogen (secondary N) is 1. The van der Waals surface area contributed by atoms with E-state index in [0.717, 1.165) is 0 Å². The van der Waals surface area contributed by atoms with Crippen LogP contribution in [0.5, 0.6) is 0 Å². The van der Waals surface area contributed by atoms with Gasteiger partial charge in [-0.15, -0.1) is 0 Å². The van der Waals surface area contributed by atoms with E-state index in [1.54, 1.807) is 0 Å². The predicted molar refractivity (Wildman–Crippen MR) is 65.3 cm³/mol. The minimum absolute atomic E-state index is 1.22. The van der Waals surface area contributed by atoms with Gasteiger partial charge in [0.1, 0.15) is 0 Å². The summed E-state index contributed by atoms with van der Waals surface area (Å²) in [6.45, 7) is 4.27. The van der Waals surface area contributed by atoms with Crippen LogP contribution >= 0.6 is 0 Å². The molecule has 0 bridgehead atoms. The Morgan fingerprint density at radius 3 is 2.60 bits per heavy atom. The van der Waals surface area contributed by atoms with Gasteiger partial charge in [-0.05, 0) is 30.9 Å². The van der Waals surface area contributed by atoms with Crippen LogP contribution < -0.4 is 0 Å². The summed E-state index contributed by atoms with van der Waals surface area (Å²) >= 11 is 0. The number of rotatable bonds is 0. The Hall–Kier alpha value is -1.76. The molecule has 1 heterocycles. The first-order valence-electron chi connectivity index (χ1n) is 5.23. The van der Waals surface area contributed by atoms with Crippen molar-refractivity contribution < 1.29 is 0 Å². The first kappa shape index (κ1) is 8.54. The quantitative estimate of drug-likeness (QED) is 0.559. The van der Waals surface area contributed by atoms with Gasteiger partial charge in [-0.3, -0.25) is 0 Å². The first-order valence-corrected chi connectivity index (χ1v) is 5.23. The van der Waals surface area contributed by atoms with Crippen molar-refractivity contribution in [3.8, 4) is 0 Å². The van der Waals surface area contributed by atoms with Gasteiger partial charge in [0.2, 0.25) is 0 Å². The topological polar surface area (TPSA) is 15.8 Å². The minimum atomic E-state index is 1.22. The monoisotopic (exact) mass is 195 g/mol. The summed E-state index contributed by atoms with van der Waals surface area (Å²) in [5.41, 5.74) is 3.82. The van der Waals surface area contributed by atoms with E-state index in [2.05, 4.69) is 55.2 Å². The van der Waals surface area contributed by atoms with Crippen LogP contribution in [-0.4, -0.2) is 4.98 Å². The highest BCUT2D eigenvalue weighted by Gasteiger charge is 2.04. The Kier molecular flexibility index (Phi) is 1.63. The third-order valence-corrected chi connectivity index (χ3v) is 2.98. The number of hydrogen-bond donors (Lipinski definition) is 1. The molecule has 0 atom stereocenters. The Labute approximate surface area is 88.7 Å². The second-order valence-electron chi connectivity index (χ2n) is 4.16. The molecule has 3 aromatic rings. The molecular formula is C14H13N. The Morgan fingerprint density at radius 2 is 1.73 bits per heavy atom. The number of aromatic amines is 1. The van der Waals surface area contributed by atoms with E-state index in [9.17, 15) is 0 Å². The Morgan fingerprint density at radius 1 is 0.933 bits per heavy atom. The van der Waals surface area contributed by atoms with Crippen molar-refractivity contribution in [1.82, 2.24) is 4.98 Å². The second kappa shape index (κ2) is 2.86. The molecule has 1 N–H and O–H groups in total. The van der Waals surface area contributed by atoms with Crippen molar-refractivity contribution in [3.05, 3.63) is 47.7 Å². The van der Waals surface area contributed by atoms with E-state index in [0.29, 0.717) is 0 Å². The summed E-state index contributed by atoms with van der Waals surface area (Å²) in [6, 6.07) is 13.0. The second-order valence-corrected chi connectivity index (χ2v) is 4.16. The molecule has 74 valence electrons. The molecule has 0 radical (unpaired) electrons. The zero-order valence-corrected chi connectivity index (χ0v) is 8.96. The molecule has 0 aliphatic rings. The average Bonchev–Trinajstić information content (AvgIpc) is 2.58. The standard InChI is InChI=1S/C14H13N/c1-9-4-3-5-11-6-7-12-8-10(2)15-14(12)13(9)11/h3-8,15H,1-2H3. The van der Waals surface area contributed by atoms with Gasteiger partial charge in [0.05, 0.1) is 5.52 Å². The maximum atomic E-state index is 3.44. The molecule has 0 spiro atoms. The van der Waals surface area contributed by atoms with Gasteiger partial charge >= 0.3 is 0 Å². The van der Waals surface area contributed by atoms with Gasteiger partial charge in [-0.2, -0.15) is 0 Å². The number of H-pyrrole nitrogens is 1. The van der Waals surface area contributed by atoms with E-state index in [-0.39, 0.29) is 0 Å². The molecule has 0 saturated carbocycles. The molecule has 0 aliphatic heterocycles. The Bertz CT molecular complexity index is 647. The lowest BCUT2D eigenvalue weighted by atomic mass is 10.0. The molecule has 1 aromatic heterocycles. The zero-order valence-electron chi connectivity index (χ0n) is 8.96. The summed E-state index contributed by atoms with van der Waals surface area (Å²) in [4.78, 5) is 3.44. The zero-order chi connectivity index (χ0) is 10.4. The normalized spacial score (nSPS) is 11.3. The van der Waals surface area contributed by atoms with Crippen LogP contribution in [0, 0.1) is 13.8 Å². The number of benzene rings is 2. The lowest BCUT2D eigenvalue weighted by Gasteiger charge is -2.03. The maximum absolute atomic E-state index is 3.44. The first-order chi connectivity index (χ1) is 7.25. The fraction of sp³-hybridized carbons (Fsp3) is 0.143. The van der Waals surface area contributed by atoms with E-state index in [1.165, 1.54) is 32.9 Å². The molecule has 1 nitrogen and oxygen atoms in total. The van der Waals surface area contributed by atoms with E-state index < -0.39 is 0 Å². The van der Waals surface area contributed by atoms with Gasteiger partial charge in [-0.1, -0.05) is 30.3 Å².